The van der Waals surface area contributed by atoms with Gasteiger partial charge in [-0.05, 0) is 43.2 Å². The zero-order chi connectivity index (χ0) is 14.5. The number of benzene rings is 2. The normalized spacial score (nSPS) is 12.2. The summed E-state index contributed by atoms with van der Waals surface area (Å²) >= 11 is 0. The molecule has 2 aromatic rings. The molecular weight excluding hydrogens is 253 g/mol. The summed E-state index contributed by atoms with van der Waals surface area (Å²) < 4.78 is 13.3. The van der Waals surface area contributed by atoms with Crippen molar-refractivity contribution in [1.82, 2.24) is 0 Å². The zero-order valence-electron chi connectivity index (χ0n) is 11.9. The van der Waals surface area contributed by atoms with Gasteiger partial charge >= 0.3 is 0 Å². The molecule has 0 heterocycles. The van der Waals surface area contributed by atoms with E-state index in [0.29, 0.717) is 5.56 Å². The number of phenols is 1. The molecule has 0 aliphatic heterocycles. The SMILES string of the molecule is CCCc1ccccc1NC(C)c1cc(F)ccc1O. The van der Waals surface area contributed by atoms with Crippen molar-refractivity contribution < 1.29 is 9.50 Å². The summed E-state index contributed by atoms with van der Waals surface area (Å²) in [6.07, 6.45) is 2.06. The van der Waals surface area contributed by atoms with Gasteiger partial charge in [0.15, 0.2) is 0 Å². The van der Waals surface area contributed by atoms with E-state index >= 15 is 0 Å². The van der Waals surface area contributed by atoms with Crippen LogP contribution in [-0.2, 0) is 6.42 Å². The Morgan fingerprint density at radius 1 is 1.20 bits per heavy atom. The molecule has 0 aliphatic carbocycles. The summed E-state index contributed by atoms with van der Waals surface area (Å²) in [5, 5.41) is 13.2. The summed E-state index contributed by atoms with van der Waals surface area (Å²) in [7, 11) is 0. The lowest BCUT2D eigenvalue weighted by atomic mass is 10.0. The Labute approximate surface area is 119 Å². The van der Waals surface area contributed by atoms with Crippen LogP contribution in [0.3, 0.4) is 0 Å². The van der Waals surface area contributed by atoms with Crippen molar-refractivity contribution >= 4 is 5.69 Å². The summed E-state index contributed by atoms with van der Waals surface area (Å²) in [5.74, 6) is -0.229. The van der Waals surface area contributed by atoms with Gasteiger partial charge in [0, 0.05) is 11.3 Å². The molecule has 1 unspecified atom stereocenters. The molecule has 0 amide bonds. The number of hydrogen-bond donors (Lipinski definition) is 2. The number of anilines is 1. The van der Waals surface area contributed by atoms with Gasteiger partial charge in [0.2, 0.25) is 0 Å². The first-order chi connectivity index (χ1) is 9.61. The maximum absolute atomic E-state index is 13.3. The average Bonchev–Trinajstić information content (AvgIpc) is 2.44. The van der Waals surface area contributed by atoms with Crippen LogP contribution in [0.15, 0.2) is 42.5 Å². The van der Waals surface area contributed by atoms with Gasteiger partial charge < -0.3 is 10.4 Å². The zero-order valence-corrected chi connectivity index (χ0v) is 11.9. The lowest BCUT2D eigenvalue weighted by Gasteiger charge is -2.19. The number of halogens is 1. The molecule has 0 saturated carbocycles. The van der Waals surface area contributed by atoms with E-state index in [1.165, 1.54) is 23.8 Å². The monoisotopic (exact) mass is 273 g/mol. The Balaban J connectivity index is 2.23. The Morgan fingerprint density at radius 2 is 1.95 bits per heavy atom. The standard InChI is InChI=1S/C17H20FNO/c1-3-6-13-7-4-5-8-16(13)19-12(2)15-11-14(18)9-10-17(15)20/h4-5,7-12,19-20H,3,6H2,1-2H3. The maximum Gasteiger partial charge on any atom is 0.123 e. The Hall–Kier alpha value is -2.03. The first kappa shape index (κ1) is 14.4. The highest BCUT2D eigenvalue weighted by molar-refractivity contribution is 5.53. The van der Waals surface area contributed by atoms with Crippen LogP contribution in [-0.4, -0.2) is 5.11 Å². The minimum atomic E-state index is -0.340. The van der Waals surface area contributed by atoms with Crippen LogP contribution in [0.4, 0.5) is 10.1 Å². The first-order valence-corrected chi connectivity index (χ1v) is 6.94. The Morgan fingerprint density at radius 3 is 2.70 bits per heavy atom. The summed E-state index contributed by atoms with van der Waals surface area (Å²) in [5.41, 5.74) is 2.83. The van der Waals surface area contributed by atoms with Crippen molar-refractivity contribution in [3.63, 3.8) is 0 Å². The van der Waals surface area contributed by atoms with E-state index in [2.05, 4.69) is 18.3 Å². The molecule has 2 nitrogen and oxygen atoms in total. The van der Waals surface area contributed by atoms with Gasteiger partial charge in [0.1, 0.15) is 11.6 Å². The van der Waals surface area contributed by atoms with Crippen molar-refractivity contribution in [2.45, 2.75) is 32.7 Å². The van der Waals surface area contributed by atoms with Crippen molar-refractivity contribution in [3.05, 3.63) is 59.4 Å². The Kier molecular flexibility index (Phi) is 4.61. The molecule has 3 heteroatoms. The van der Waals surface area contributed by atoms with Gasteiger partial charge in [-0.25, -0.2) is 4.39 Å². The van der Waals surface area contributed by atoms with Gasteiger partial charge in [0.25, 0.3) is 0 Å². The summed E-state index contributed by atoms with van der Waals surface area (Å²) in [6.45, 7) is 4.05. The van der Waals surface area contributed by atoms with Crippen LogP contribution >= 0.6 is 0 Å². The van der Waals surface area contributed by atoms with Gasteiger partial charge in [-0.1, -0.05) is 31.5 Å². The van der Waals surface area contributed by atoms with Crippen LogP contribution in [0, 0.1) is 5.82 Å². The molecule has 0 saturated heterocycles. The van der Waals surface area contributed by atoms with Crippen LogP contribution in [0.1, 0.15) is 37.4 Å². The van der Waals surface area contributed by atoms with Crippen molar-refractivity contribution in [3.8, 4) is 5.75 Å². The first-order valence-electron chi connectivity index (χ1n) is 6.94. The van der Waals surface area contributed by atoms with Gasteiger partial charge in [-0.3, -0.25) is 0 Å². The number of aryl methyl sites for hydroxylation is 1. The van der Waals surface area contributed by atoms with Gasteiger partial charge in [-0.15, -0.1) is 0 Å². The maximum atomic E-state index is 13.3. The third-order valence-corrected chi connectivity index (χ3v) is 3.36. The molecule has 0 bridgehead atoms. The highest BCUT2D eigenvalue weighted by Crippen LogP contribution is 2.29. The highest BCUT2D eigenvalue weighted by atomic mass is 19.1. The Bertz CT molecular complexity index is 583. The minimum absolute atomic E-state index is 0.111. The summed E-state index contributed by atoms with van der Waals surface area (Å²) in [6, 6.07) is 11.9. The molecule has 0 fully saturated rings. The van der Waals surface area contributed by atoms with E-state index in [4.69, 9.17) is 0 Å². The minimum Gasteiger partial charge on any atom is -0.508 e. The van der Waals surface area contributed by atoms with E-state index in [1.807, 2.05) is 25.1 Å². The molecule has 1 atom stereocenters. The van der Waals surface area contributed by atoms with E-state index in [-0.39, 0.29) is 17.6 Å². The van der Waals surface area contributed by atoms with E-state index in [0.717, 1.165) is 18.5 Å². The molecule has 2 N–H and O–H groups in total. The van der Waals surface area contributed by atoms with Crippen LogP contribution in [0.5, 0.6) is 5.75 Å². The highest BCUT2D eigenvalue weighted by Gasteiger charge is 2.12. The predicted molar refractivity (Wildman–Crippen MR) is 80.5 cm³/mol. The second kappa shape index (κ2) is 6.42. The fourth-order valence-corrected chi connectivity index (χ4v) is 2.33. The number of hydrogen-bond acceptors (Lipinski definition) is 2. The number of para-hydroxylation sites is 1. The molecular formula is C17H20FNO. The molecule has 106 valence electrons. The quantitative estimate of drug-likeness (QED) is 0.830. The van der Waals surface area contributed by atoms with Crippen molar-refractivity contribution in [2.24, 2.45) is 0 Å². The number of rotatable bonds is 5. The molecule has 20 heavy (non-hydrogen) atoms. The van der Waals surface area contributed by atoms with E-state index in [9.17, 15) is 9.50 Å². The predicted octanol–water partition coefficient (Wildman–Crippen LogP) is 4.66. The molecule has 2 rings (SSSR count). The fraction of sp³-hybridized carbons (Fsp3) is 0.294. The second-order valence-corrected chi connectivity index (χ2v) is 4.98. The van der Waals surface area contributed by atoms with Crippen LogP contribution in [0.25, 0.3) is 0 Å². The lowest BCUT2D eigenvalue weighted by Crippen LogP contribution is -2.09. The van der Waals surface area contributed by atoms with Crippen molar-refractivity contribution in [2.75, 3.05) is 5.32 Å². The number of aromatic hydroxyl groups is 1. The largest absolute Gasteiger partial charge is 0.508 e. The third kappa shape index (κ3) is 3.29. The van der Waals surface area contributed by atoms with Gasteiger partial charge in [-0.2, -0.15) is 0 Å². The topological polar surface area (TPSA) is 32.3 Å². The van der Waals surface area contributed by atoms with Crippen LogP contribution in [0.2, 0.25) is 0 Å². The smallest absolute Gasteiger partial charge is 0.123 e. The molecule has 0 spiro atoms. The number of phenolic OH excluding ortho intramolecular Hbond substituents is 1. The van der Waals surface area contributed by atoms with Crippen molar-refractivity contribution in [1.29, 1.82) is 0 Å². The molecule has 2 aromatic carbocycles. The van der Waals surface area contributed by atoms with Gasteiger partial charge in [0.05, 0.1) is 6.04 Å². The molecule has 0 radical (unpaired) electrons. The summed E-state index contributed by atoms with van der Waals surface area (Å²) in [4.78, 5) is 0. The number of nitrogens with one attached hydrogen (secondary N) is 1. The fourth-order valence-electron chi connectivity index (χ4n) is 2.33. The third-order valence-electron chi connectivity index (χ3n) is 3.36. The lowest BCUT2D eigenvalue weighted by molar-refractivity contribution is 0.462. The van der Waals surface area contributed by atoms with Crippen LogP contribution < -0.4 is 5.32 Å². The van der Waals surface area contributed by atoms with E-state index < -0.39 is 0 Å². The van der Waals surface area contributed by atoms with E-state index in [1.54, 1.807) is 0 Å². The average molecular weight is 273 g/mol. The molecule has 0 aliphatic rings. The molecule has 0 aromatic heterocycles. The second-order valence-electron chi connectivity index (χ2n) is 4.98.